The predicted octanol–water partition coefficient (Wildman–Crippen LogP) is 2.70. The van der Waals surface area contributed by atoms with Gasteiger partial charge >= 0.3 is 12.0 Å². The van der Waals surface area contributed by atoms with Crippen molar-refractivity contribution in [2.24, 2.45) is 5.41 Å². The van der Waals surface area contributed by atoms with Gasteiger partial charge in [-0.05, 0) is 19.3 Å². The lowest BCUT2D eigenvalue weighted by Crippen LogP contribution is -2.49. The Labute approximate surface area is 129 Å². The van der Waals surface area contributed by atoms with Crippen molar-refractivity contribution in [2.45, 2.75) is 53.1 Å². The third-order valence-electron chi connectivity index (χ3n) is 3.09. The second-order valence-corrected chi connectivity index (χ2v) is 7.43. The Bertz CT molecular complexity index is 508. The van der Waals surface area contributed by atoms with E-state index in [0.717, 1.165) is 9.88 Å². The molecule has 0 radical (unpaired) electrons. The highest BCUT2D eigenvalue weighted by atomic mass is 32.1. The Morgan fingerprint density at radius 3 is 2.43 bits per heavy atom. The van der Waals surface area contributed by atoms with Gasteiger partial charge in [-0.15, -0.1) is 11.3 Å². The molecule has 1 rings (SSSR count). The van der Waals surface area contributed by atoms with E-state index in [9.17, 15) is 9.59 Å². The van der Waals surface area contributed by atoms with Gasteiger partial charge in [0.1, 0.15) is 5.01 Å². The first-order valence-electron chi connectivity index (χ1n) is 6.80. The summed E-state index contributed by atoms with van der Waals surface area (Å²) in [5.41, 5.74) is -0.337. The first-order chi connectivity index (χ1) is 9.59. The minimum Gasteiger partial charge on any atom is -0.481 e. The lowest BCUT2D eigenvalue weighted by atomic mass is 9.85. The predicted molar refractivity (Wildman–Crippen MR) is 82.4 cm³/mol. The molecule has 0 aliphatic carbocycles. The maximum atomic E-state index is 12.0. The van der Waals surface area contributed by atoms with Gasteiger partial charge in [0.25, 0.3) is 0 Å². The van der Waals surface area contributed by atoms with Crippen molar-refractivity contribution in [1.29, 1.82) is 0 Å². The van der Waals surface area contributed by atoms with Crippen molar-refractivity contribution in [3.05, 3.63) is 16.1 Å². The molecule has 7 heteroatoms. The van der Waals surface area contributed by atoms with Gasteiger partial charge in [0.05, 0.1) is 12.5 Å². The number of carboxylic acid groups (broad SMARTS) is 1. The van der Waals surface area contributed by atoms with E-state index >= 15 is 0 Å². The molecule has 21 heavy (non-hydrogen) atoms. The average Bonchev–Trinajstić information content (AvgIpc) is 2.73. The van der Waals surface area contributed by atoms with Gasteiger partial charge in [-0.3, -0.25) is 4.79 Å². The Morgan fingerprint density at radius 1 is 1.38 bits per heavy atom. The number of nitrogens with zero attached hydrogens (tertiary/aromatic N) is 1. The van der Waals surface area contributed by atoms with Crippen molar-refractivity contribution in [2.75, 3.05) is 0 Å². The molecule has 0 aromatic carbocycles. The molecule has 1 heterocycles. The summed E-state index contributed by atoms with van der Waals surface area (Å²) < 4.78 is 0. The number of aliphatic carboxylic acids is 1. The van der Waals surface area contributed by atoms with Crippen molar-refractivity contribution in [1.82, 2.24) is 15.6 Å². The Kier molecular flexibility index (Phi) is 5.71. The van der Waals surface area contributed by atoms with Crippen LogP contribution < -0.4 is 10.6 Å². The molecule has 1 aromatic heterocycles. The number of carboxylic acids is 1. The summed E-state index contributed by atoms with van der Waals surface area (Å²) in [6.07, 6.45) is 1.65. The number of aromatic nitrogens is 1. The van der Waals surface area contributed by atoms with E-state index in [4.69, 9.17) is 5.11 Å². The minimum absolute atomic E-state index is 0.109. The molecule has 1 aromatic rings. The molecule has 0 saturated heterocycles. The van der Waals surface area contributed by atoms with E-state index in [-0.39, 0.29) is 23.9 Å². The highest BCUT2D eigenvalue weighted by Gasteiger charge is 2.28. The molecular weight excluding hydrogens is 290 g/mol. The van der Waals surface area contributed by atoms with Crippen LogP contribution in [0.4, 0.5) is 4.79 Å². The van der Waals surface area contributed by atoms with Crippen LogP contribution in [0.3, 0.4) is 0 Å². The smallest absolute Gasteiger partial charge is 0.315 e. The standard InChI is InChI=1S/C14H23N3O3S/c1-8-7-15-12(21-8)9(2)16-13(20)17-10(6-11(18)19)14(3,4)5/h7,9-10H,6H2,1-5H3,(H,18,19)(H2,16,17,20). The summed E-state index contributed by atoms with van der Waals surface area (Å²) in [4.78, 5) is 28.2. The Balaban J connectivity index is 2.63. The molecule has 0 fully saturated rings. The lowest BCUT2D eigenvalue weighted by Gasteiger charge is -2.30. The second-order valence-electron chi connectivity index (χ2n) is 6.17. The van der Waals surface area contributed by atoms with Crippen molar-refractivity contribution >= 4 is 23.3 Å². The van der Waals surface area contributed by atoms with Gasteiger partial charge in [-0.1, -0.05) is 20.8 Å². The van der Waals surface area contributed by atoms with Crippen molar-refractivity contribution in [3.8, 4) is 0 Å². The van der Waals surface area contributed by atoms with Crippen LogP contribution in [0.15, 0.2) is 6.20 Å². The van der Waals surface area contributed by atoms with Crippen LogP contribution in [0.5, 0.6) is 0 Å². The second kappa shape index (κ2) is 6.89. The highest BCUT2D eigenvalue weighted by Crippen LogP contribution is 2.22. The van der Waals surface area contributed by atoms with Crippen molar-refractivity contribution in [3.63, 3.8) is 0 Å². The van der Waals surface area contributed by atoms with Crippen LogP contribution in [0.2, 0.25) is 0 Å². The quantitative estimate of drug-likeness (QED) is 0.779. The number of hydrogen-bond acceptors (Lipinski definition) is 4. The Hall–Kier alpha value is -1.63. The van der Waals surface area contributed by atoms with Gasteiger partial charge in [0.2, 0.25) is 0 Å². The number of aryl methyl sites for hydroxylation is 1. The van der Waals surface area contributed by atoms with Crippen LogP contribution in [0.1, 0.15) is 50.0 Å². The minimum atomic E-state index is -0.932. The summed E-state index contributed by atoms with van der Waals surface area (Å²) in [6, 6.07) is -1.04. The number of nitrogens with one attached hydrogen (secondary N) is 2. The zero-order chi connectivity index (χ0) is 16.2. The molecule has 2 atom stereocenters. The fourth-order valence-electron chi connectivity index (χ4n) is 1.78. The number of hydrogen-bond donors (Lipinski definition) is 3. The number of urea groups is 1. The van der Waals surface area contributed by atoms with Crippen molar-refractivity contribution < 1.29 is 14.7 Å². The topological polar surface area (TPSA) is 91.3 Å². The molecule has 0 aliphatic rings. The monoisotopic (exact) mass is 313 g/mol. The molecule has 0 aliphatic heterocycles. The van der Waals surface area contributed by atoms with Crippen LogP contribution in [0.25, 0.3) is 0 Å². The van der Waals surface area contributed by atoms with Gasteiger partial charge < -0.3 is 15.7 Å². The van der Waals surface area contributed by atoms with E-state index in [0.29, 0.717) is 0 Å². The normalized spacial score (nSPS) is 14.3. The molecule has 3 N–H and O–H groups in total. The van der Waals surface area contributed by atoms with E-state index in [2.05, 4.69) is 15.6 Å². The number of rotatable bonds is 5. The van der Waals surface area contributed by atoms with E-state index in [1.54, 1.807) is 6.20 Å². The summed E-state index contributed by atoms with van der Waals surface area (Å²) in [5.74, 6) is -0.932. The van der Waals surface area contributed by atoms with Gasteiger partial charge in [0, 0.05) is 17.1 Å². The largest absolute Gasteiger partial charge is 0.481 e. The molecule has 0 spiro atoms. The zero-order valence-corrected chi connectivity index (χ0v) is 13.9. The lowest BCUT2D eigenvalue weighted by molar-refractivity contribution is -0.138. The van der Waals surface area contributed by atoms with Gasteiger partial charge in [-0.2, -0.15) is 0 Å². The molecular formula is C14H23N3O3S. The number of thiazole rings is 1. The first kappa shape index (κ1) is 17.4. The molecule has 6 nitrogen and oxygen atoms in total. The highest BCUT2D eigenvalue weighted by molar-refractivity contribution is 7.11. The van der Waals surface area contributed by atoms with Crippen LogP contribution in [-0.2, 0) is 4.79 Å². The maximum absolute atomic E-state index is 12.0. The molecule has 0 bridgehead atoms. The summed E-state index contributed by atoms with van der Waals surface area (Å²) >= 11 is 1.53. The van der Waals surface area contributed by atoms with E-state index in [1.165, 1.54) is 11.3 Å². The van der Waals surface area contributed by atoms with Gasteiger partial charge in [0.15, 0.2) is 0 Å². The summed E-state index contributed by atoms with van der Waals surface area (Å²) in [7, 11) is 0. The van der Waals surface area contributed by atoms with E-state index < -0.39 is 12.0 Å². The van der Waals surface area contributed by atoms with Gasteiger partial charge in [-0.25, -0.2) is 9.78 Å². The zero-order valence-electron chi connectivity index (χ0n) is 13.1. The summed E-state index contributed by atoms with van der Waals surface area (Å²) in [6.45, 7) is 9.50. The number of amides is 2. The fourth-order valence-corrected chi connectivity index (χ4v) is 2.56. The fraction of sp³-hybridized carbons (Fsp3) is 0.643. The molecule has 2 unspecified atom stereocenters. The SMILES string of the molecule is Cc1cnc(C(C)NC(=O)NC(CC(=O)O)C(C)(C)C)s1. The number of carbonyl (C=O) groups excluding carboxylic acids is 1. The van der Waals surface area contributed by atoms with E-state index in [1.807, 2.05) is 34.6 Å². The Morgan fingerprint density at radius 2 is 2.00 bits per heavy atom. The third-order valence-corrected chi connectivity index (χ3v) is 4.18. The molecule has 118 valence electrons. The van der Waals surface area contributed by atoms with Crippen LogP contribution in [0, 0.1) is 12.3 Å². The average molecular weight is 313 g/mol. The first-order valence-corrected chi connectivity index (χ1v) is 7.62. The molecule has 2 amide bonds. The molecule has 0 saturated carbocycles. The summed E-state index contributed by atoms with van der Waals surface area (Å²) in [5, 5.41) is 15.3. The van der Waals surface area contributed by atoms with Crippen LogP contribution >= 0.6 is 11.3 Å². The van der Waals surface area contributed by atoms with Crippen LogP contribution in [-0.4, -0.2) is 28.1 Å². The maximum Gasteiger partial charge on any atom is 0.315 e. The third kappa shape index (κ3) is 5.71. The number of carbonyl (C=O) groups is 2.